The molecule has 0 saturated carbocycles. The summed E-state index contributed by atoms with van der Waals surface area (Å²) < 4.78 is 5.15. The summed E-state index contributed by atoms with van der Waals surface area (Å²) in [7, 11) is 1.58. The van der Waals surface area contributed by atoms with Crippen LogP contribution in [-0.4, -0.2) is 18.0 Å². The highest BCUT2D eigenvalue weighted by Gasteiger charge is 2.23. The number of hydrogen-bond acceptors (Lipinski definition) is 4. The summed E-state index contributed by atoms with van der Waals surface area (Å²) in [5, 5.41) is 3.52. The third kappa shape index (κ3) is 2.49. The number of carbonyl (C=O) groups excluding carboxylic acids is 1. The molecule has 1 amide bonds. The van der Waals surface area contributed by atoms with Crippen LogP contribution in [0, 0.1) is 0 Å². The fourth-order valence-electron chi connectivity index (χ4n) is 2.75. The smallest absolute Gasteiger partial charge is 0.257 e. The number of methoxy groups -OCH3 is 1. The molecule has 1 heterocycles. The van der Waals surface area contributed by atoms with Gasteiger partial charge in [-0.05, 0) is 23.8 Å². The van der Waals surface area contributed by atoms with Crippen LogP contribution in [0.5, 0.6) is 5.75 Å². The molecule has 0 atom stereocenters. The number of ether oxygens (including phenoxy) is 1. The van der Waals surface area contributed by atoms with Gasteiger partial charge in [0.05, 0.1) is 12.8 Å². The van der Waals surface area contributed by atoms with E-state index in [1.807, 2.05) is 18.2 Å². The Labute approximate surface area is 137 Å². The van der Waals surface area contributed by atoms with Crippen LogP contribution in [-0.2, 0) is 6.42 Å². The van der Waals surface area contributed by atoms with E-state index < -0.39 is 0 Å². The minimum Gasteiger partial charge on any atom is -0.497 e. The van der Waals surface area contributed by atoms with Gasteiger partial charge in [-0.2, -0.15) is 0 Å². The van der Waals surface area contributed by atoms with E-state index in [1.165, 1.54) is 27.3 Å². The number of amides is 1. The Morgan fingerprint density at radius 2 is 2.09 bits per heavy atom. The summed E-state index contributed by atoms with van der Waals surface area (Å²) in [5.74, 6) is 0.484. The summed E-state index contributed by atoms with van der Waals surface area (Å²) in [6, 6.07) is 15.3. The van der Waals surface area contributed by atoms with Crippen molar-refractivity contribution in [2.75, 3.05) is 12.4 Å². The van der Waals surface area contributed by atoms with Crippen molar-refractivity contribution in [2.24, 2.45) is 0 Å². The maximum atomic E-state index is 12.4. The highest BCUT2D eigenvalue weighted by Crippen LogP contribution is 2.40. The molecule has 23 heavy (non-hydrogen) atoms. The average molecular weight is 322 g/mol. The predicted octanol–water partition coefficient (Wildman–Crippen LogP) is 3.98. The molecule has 2 aromatic carbocycles. The van der Waals surface area contributed by atoms with Gasteiger partial charge in [-0.15, -0.1) is 11.3 Å². The van der Waals surface area contributed by atoms with Crippen LogP contribution in [0.2, 0.25) is 0 Å². The van der Waals surface area contributed by atoms with E-state index in [-0.39, 0.29) is 5.91 Å². The SMILES string of the molecule is COc1cccc(C(=O)Nc2nc3c(s2)Cc2ccccc2-3)c1. The summed E-state index contributed by atoms with van der Waals surface area (Å²) in [4.78, 5) is 18.2. The Morgan fingerprint density at radius 1 is 1.22 bits per heavy atom. The minimum atomic E-state index is -0.176. The van der Waals surface area contributed by atoms with E-state index >= 15 is 0 Å². The molecule has 0 spiro atoms. The number of nitrogens with one attached hydrogen (secondary N) is 1. The van der Waals surface area contributed by atoms with E-state index in [2.05, 4.69) is 22.4 Å². The predicted molar refractivity (Wildman–Crippen MR) is 91.3 cm³/mol. The second-order valence-electron chi connectivity index (χ2n) is 5.31. The standard InChI is InChI=1S/C18H14N2O2S/c1-22-13-7-4-6-12(9-13)17(21)20-18-19-16-14-8-3-2-5-11(14)10-15(16)23-18/h2-9H,10H2,1H3,(H,19,20,21). The molecule has 0 aliphatic heterocycles. The molecule has 0 saturated heterocycles. The monoisotopic (exact) mass is 322 g/mol. The maximum Gasteiger partial charge on any atom is 0.257 e. The average Bonchev–Trinajstić information content (AvgIpc) is 3.12. The van der Waals surface area contributed by atoms with Crippen LogP contribution in [0.25, 0.3) is 11.3 Å². The molecule has 1 aliphatic rings. The lowest BCUT2D eigenvalue weighted by Crippen LogP contribution is -2.11. The lowest BCUT2D eigenvalue weighted by Gasteiger charge is -2.04. The molecular weight excluding hydrogens is 308 g/mol. The number of anilines is 1. The third-order valence-electron chi connectivity index (χ3n) is 3.87. The van der Waals surface area contributed by atoms with Crippen LogP contribution < -0.4 is 10.1 Å². The van der Waals surface area contributed by atoms with Gasteiger partial charge in [0, 0.05) is 22.4 Å². The molecule has 5 heteroatoms. The molecule has 4 nitrogen and oxygen atoms in total. The Kier molecular flexibility index (Phi) is 3.35. The molecule has 4 rings (SSSR count). The van der Waals surface area contributed by atoms with E-state index in [9.17, 15) is 4.79 Å². The van der Waals surface area contributed by atoms with Crippen molar-refractivity contribution >= 4 is 22.4 Å². The zero-order valence-electron chi connectivity index (χ0n) is 12.5. The van der Waals surface area contributed by atoms with E-state index in [4.69, 9.17) is 4.74 Å². The fourth-order valence-corrected chi connectivity index (χ4v) is 3.74. The molecule has 0 fully saturated rings. The highest BCUT2D eigenvalue weighted by molar-refractivity contribution is 7.16. The molecule has 3 aromatic rings. The molecular formula is C18H14N2O2S. The fraction of sp³-hybridized carbons (Fsp3) is 0.111. The third-order valence-corrected chi connectivity index (χ3v) is 4.84. The van der Waals surface area contributed by atoms with Crippen LogP contribution in [0.3, 0.4) is 0 Å². The molecule has 0 bridgehead atoms. The van der Waals surface area contributed by atoms with Gasteiger partial charge in [0.15, 0.2) is 5.13 Å². The number of thiazole rings is 1. The van der Waals surface area contributed by atoms with Crippen molar-refractivity contribution in [1.82, 2.24) is 4.98 Å². The normalized spacial score (nSPS) is 11.7. The number of benzene rings is 2. The summed E-state index contributed by atoms with van der Waals surface area (Å²) >= 11 is 1.54. The molecule has 1 aromatic heterocycles. The largest absolute Gasteiger partial charge is 0.497 e. The first-order chi connectivity index (χ1) is 11.2. The van der Waals surface area contributed by atoms with Crippen molar-refractivity contribution in [3.8, 4) is 17.0 Å². The zero-order valence-corrected chi connectivity index (χ0v) is 13.3. The van der Waals surface area contributed by atoms with Crippen LogP contribution >= 0.6 is 11.3 Å². The van der Waals surface area contributed by atoms with Gasteiger partial charge in [-0.25, -0.2) is 4.98 Å². The first-order valence-corrected chi connectivity index (χ1v) is 8.09. The number of rotatable bonds is 3. The van der Waals surface area contributed by atoms with Gasteiger partial charge in [0.1, 0.15) is 5.75 Å². The number of aromatic nitrogens is 1. The van der Waals surface area contributed by atoms with E-state index in [0.29, 0.717) is 16.4 Å². The number of carbonyl (C=O) groups is 1. The van der Waals surface area contributed by atoms with Crippen molar-refractivity contribution in [2.45, 2.75) is 6.42 Å². The Balaban J connectivity index is 1.58. The van der Waals surface area contributed by atoms with Gasteiger partial charge < -0.3 is 4.74 Å². The van der Waals surface area contributed by atoms with Gasteiger partial charge >= 0.3 is 0 Å². The lowest BCUT2D eigenvalue weighted by atomic mass is 10.1. The molecule has 0 radical (unpaired) electrons. The summed E-state index contributed by atoms with van der Waals surface area (Å²) in [5.41, 5.74) is 4.01. The second-order valence-corrected chi connectivity index (χ2v) is 6.39. The Bertz CT molecular complexity index is 902. The van der Waals surface area contributed by atoms with Crippen molar-refractivity contribution in [3.63, 3.8) is 0 Å². The zero-order chi connectivity index (χ0) is 15.8. The second kappa shape index (κ2) is 5.52. The van der Waals surface area contributed by atoms with E-state index in [0.717, 1.165) is 12.1 Å². The lowest BCUT2D eigenvalue weighted by molar-refractivity contribution is 0.102. The van der Waals surface area contributed by atoms with Gasteiger partial charge in [-0.1, -0.05) is 30.3 Å². The Hall–Kier alpha value is -2.66. The highest BCUT2D eigenvalue weighted by atomic mass is 32.1. The van der Waals surface area contributed by atoms with Crippen molar-refractivity contribution in [1.29, 1.82) is 0 Å². The van der Waals surface area contributed by atoms with Gasteiger partial charge in [-0.3, -0.25) is 10.1 Å². The number of nitrogens with zero attached hydrogens (tertiary/aromatic N) is 1. The maximum absolute atomic E-state index is 12.4. The van der Waals surface area contributed by atoms with Crippen LogP contribution in [0.1, 0.15) is 20.8 Å². The molecule has 0 unspecified atom stereocenters. The molecule has 1 N–H and O–H groups in total. The first kappa shape index (κ1) is 14.0. The quantitative estimate of drug-likeness (QED) is 0.621. The van der Waals surface area contributed by atoms with Gasteiger partial charge in [0.25, 0.3) is 5.91 Å². The minimum absolute atomic E-state index is 0.176. The van der Waals surface area contributed by atoms with Crippen molar-refractivity contribution in [3.05, 3.63) is 64.5 Å². The Morgan fingerprint density at radius 3 is 2.96 bits per heavy atom. The van der Waals surface area contributed by atoms with Crippen molar-refractivity contribution < 1.29 is 9.53 Å². The van der Waals surface area contributed by atoms with Crippen LogP contribution in [0.4, 0.5) is 5.13 Å². The first-order valence-electron chi connectivity index (χ1n) is 7.28. The summed E-state index contributed by atoms with van der Waals surface area (Å²) in [6.45, 7) is 0. The van der Waals surface area contributed by atoms with Crippen LogP contribution in [0.15, 0.2) is 48.5 Å². The van der Waals surface area contributed by atoms with Gasteiger partial charge in [0.2, 0.25) is 0 Å². The number of hydrogen-bond donors (Lipinski definition) is 1. The summed E-state index contributed by atoms with van der Waals surface area (Å²) in [6.07, 6.45) is 0.887. The molecule has 1 aliphatic carbocycles. The topological polar surface area (TPSA) is 51.2 Å². The van der Waals surface area contributed by atoms with E-state index in [1.54, 1.807) is 25.3 Å². The number of fused-ring (bicyclic) bond motifs is 3. The molecule has 114 valence electrons.